The molecule has 0 radical (unpaired) electrons. The van der Waals surface area contributed by atoms with E-state index in [9.17, 15) is 0 Å². The van der Waals surface area contributed by atoms with Crippen molar-refractivity contribution in [2.24, 2.45) is 0 Å². The van der Waals surface area contributed by atoms with Crippen molar-refractivity contribution >= 4 is 5.82 Å². The fourth-order valence-electron chi connectivity index (χ4n) is 2.15. The number of ether oxygens (including phenoxy) is 1. The largest absolute Gasteiger partial charge is 0.497 e. The third-order valence-electron chi connectivity index (χ3n) is 3.21. The normalized spacial score (nSPS) is 17.5. The molecule has 1 aromatic heterocycles. The first kappa shape index (κ1) is 11.9. The standard InChI is InChI=1S/C14H16N4O/c1-9-15-7-11-8-16-13(18-14(11)17-9)10-3-5-12(19-2)6-4-10/h3-7,13,16H,8H2,1-2H3,(H,15,17,18). The van der Waals surface area contributed by atoms with E-state index in [2.05, 4.69) is 20.6 Å². The van der Waals surface area contributed by atoms with Gasteiger partial charge in [0.05, 0.1) is 7.11 Å². The molecule has 5 nitrogen and oxygen atoms in total. The highest BCUT2D eigenvalue weighted by Crippen LogP contribution is 2.25. The molecule has 0 bridgehead atoms. The molecule has 1 atom stereocenters. The Balaban J connectivity index is 1.84. The van der Waals surface area contributed by atoms with Gasteiger partial charge in [-0.3, -0.25) is 5.32 Å². The third-order valence-corrected chi connectivity index (χ3v) is 3.21. The Morgan fingerprint density at radius 2 is 2.05 bits per heavy atom. The number of hydrogen-bond donors (Lipinski definition) is 2. The molecule has 98 valence electrons. The van der Waals surface area contributed by atoms with Crippen LogP contribution >= 0.6 is 0 Å². The number of nitrogens with one attached hydrogen (secondary N) is 2. The summed E-state index contributed by atoms with van der Waals surface area (Å²) in [5, 5.41) is 6.81. The highest BCUT2D eigenvalue weighted by molar-refractivity contribution is 5.47. The van der Waals surface area contributed by atoms with Crippen LogP contribution in [0.2, 0.25) is 0 Å². The summed E-state index contributed by atoms with van der Waals surface area (Å²) in [5.74, 6) is 2.55. The Labute approximate surface area is 112 Å². The molecule has 0 aliphatic carbocycles. The van der Waals surface area contributed by atoms with Gasteiger partial charge < -0.3 is 10.1 Å². The molecule has 1 aromatic carbocycles. The first-order valence-electron chi connectivity index (χ1n) is 6.22. The summed E-state index contributed by atoms with van der Waals surface area (Å²) in [6, 6.07) is 8.00. The van der Waals surface area contributed by atoms with Gasteiger partial charge in [0.15, 0.2) is 0 Å². The lowest BCUT2D eigenvalue weighted by Crippen LogP contribution is -2.33. The van der Waals surface area contributed by atoms with Crippen molar-refractivity contribution in [2.45, 2.75) is 19.6 Å². The maximum Gasteiger partial charge on any atom is 0.135 e. The molecule has 0 spiro atoms. The Morgan fingerprint density at radius 1 is 1.26 bits per heavy atom. The lowest BCUT2D eigenvalue weighted by Gasteiger charge is -2.27. The van der Waals surface area contributed by atoms with Crippen LogP contribution in [-0.4, -0.2) is 17.1 Å². The average molecular weight is 256 g/mol. The minimum Gasteiger partial charge on any atom is -0.497 e. The van der Waals surface area contributed by atoms with Crippen molar-refractivity contribution in [2.75, 3.05) is 12.4 Å². The molecule has 0 saturated heterocycles. The topological polar surface area (TPSA) is 59.1 Å². The summed E-state index contributed by atoms with van der Waals surface area (Å²) in [6.45, 7) is 2.66. The second-order valence-corrected chi connectivity index (χ2v) is 4.52. The predicted molar refractivity (Wildman–Crippen MR) is 73.0 cm³/mol. The van der Waals surface area contributed by atoms with Gasteiger partial charge in [-0.1, -0.05) is 12.1 Å². The zero-order valence-electron chi connectivity index (χ0n) is 11.0. The molecule has 0 saturated carbocycles. The summed E-state index contributed by atoms with van der Waals surface area (Å²) < 4.78 is 5.17. The Bertz CT molecular complexity index is 582. The number of methoxy groups -OCH3 is 1. The lowest BCUT2D eigenvalue weighted by atomic mass is 10.1. The third kappa shape index (κ3) is 2.37. The van der Waals surface area contributed by atoms with Crippen LogP contribution in [0.5, 0.6) is 5.75 Å². The Hall–Kier alpha value is -2.14. The van der Waals surface area contributed by atoms with Gasteiger partial charge >= 0.3 is 0 Å². The molecular formula is C14H16N4O. The van der Waals surface area contributed by atoms with Crippen molar-refractivity contribution < 1.29 is 4.74 Å². The van der Waals surface area contributed by atoms with Crippen LogP contribution in [0.3, 0.4) is 0 Å². The van der Waals surface area contributed by atoms with E-state index in [1.54, 1.807) is 7.11 Å². The van der Waals surface area contributed by atoms with Crippen molar-refractivity contribution in [3.8, 4) is 5.75 Å². The molecule has 5 heteroatoms. The number of fused-ring (bicyclic) bond motifs is 1. The van der Waals surface area contributed by atoms with Crippen molar-refractivity contribution in [1.82, 2.24) is 15.3 Å². The van der Waals surface area contributed by atoms with E-state index in [-0.39, 0.29) is 6.17 Å². The van der Waals surface area contributed by atoms with Gasteiger partial charge in [-0.15, -0.1) is 0 Å². The van der Waals surface area contributed by atoms with Crippen LogP contribution in [0.1, 0.15) is 23.1 Å². The monoisotopic (exact) mass is 256 g/mol. The van der Waals surface area contributed by atoms with Gasteiger partial charge in [-0.25, -0.2) is 9.97 Å². The fourth-order valence-corrected chi connectivity index (χ4v) is 2.15. The van der Waals surface area contributed by atoms with Gasteiger partial charge in [0.2, 0.25) is 0 Å². The maximum absolute atomic E-state index is 5.17. The van der Waals surface area contributed by atoms with Crippen LogP contribution in [0.25, 0.3) is 0 Å². The zero-order valence-corrected chi connectivity index (χ0v) is 11.0. The number of hydrogen-bond acceptors (Lipinski definition) is 5. The number of rotatable bonds is 2. The lowest BCUT2D eigenvalue weighted by molar-refractivity contribution is 0.414. The number of aryl methyl sites for hydroxylation is 1. The average Bonchev–Trinajstić information content (AvgIpc) is 2.46. The molecule has 0 amide bonds. The van der Waals surface area contributed by atoms with Gasteiger partial charge in [-0.05, 0) is 24.6 Å². The van der Waals surface area contributed by atoms with Crippen LogP contribution in [0.15, 0.2) is 30.5 Å². The summed E-state index contributed by atoms with van der Waals surface area (Å²) in [5.41, 5.74) is 2.25. The molecule has 2 N–H and O–H groups in total. The summed E-state index contributed by atoms with van der Waals surface area (Å²) in [6.07, 6.45) is 1.93. The SMILES string of the molecule is COc1ccc(C2NCc3cnc(C)nc3N2)cc1. The van der Waals surface area contributed by atoms with Crippen LogP contribution in [0, 0.1) is 6.92 Å². The van der Waals surface area contributed by atoms with Crippen molar-refractivity contribution in [3.05, 3.63) is 47.4 Å². The molecule has 1 unspecified atom stereocenters. The van der Waals surface area contributed by atoms with Gasteiger partial charge in [0.1, 0.15) is 23.6 Å². The summed E-state index contributed by atoms with van der Waals surface area (Å²) in [7, 11) is 1.67. The van der Waals surface area contributed by atoms with E-state index in [0.29, 0.717) is 0 Å². The van der Waals surface area contributed by atoms with E-state index in [4.69, 9.17) is 4.74 Å². The predicted octanol–water partition coefficient (Wildman–Crippen LogP) is 2.01. The van der Waals surface area contributed by atoms with Gasteiger partial charge in [0.25, 0.3) is 0 Å². The van der Waals surface area contributed by atoms with Crippen LogP contribution in [0.4, 0.5) is 5.82 Å². The summed E-state index contributed by atoms with van der Waals surface area (Å²) in [4.78, 5) is 8.64. The van der Waals surface area contributed by atoms with Crippen molar-refractivity contribution in [1.29, 1.82) is 0 Å². The number of anilines is 1. The Kier molecular flexibility index (Phi) is 3.05. The molecule has 1 aliphatic rings. The van der Waals surface area contributed by atoms with E-state index in [0.717, 1.165) is 35.1 Å². The molecular weight excluding hydrogens is 240 g/mol. The molecule has 3 rings (SSSR count). The highest BCUT2D eigenvalue weighted by Gasteiger charge is 2.19. The van der Waals surface area contributed by atoms with Gasteiger partial charge in [0, 0.05) is 18.3 Å². The van der Waals surface area contributed by atoms with Gasteiger partial charge in [-0.2, -0.15) is 0 Å². The Morgan fingerprint density at radius 3 is 2.79 bits per heavy atom. The second kappa shape index (κ2) is 4.85. The van der Waals surface area contributed by atoms with E-state index < -0.39 is 0 Å². The molecule has 2 heterocycles. The number of benzene rings is 1. The second-order valence-electron chi connectivity index (χ2n) is 4.52. The molecule has 1 aliphatic heterocycles. The van der Waals surface area contributed by atoms with Crippen LogP contribution in [-0.2, 0) is 6.54 Å². The van der Waals surface area contributed by atoms with Crippen LogP contribution < -0.4 is 15.4 Å². The zero-order chi connectivity index (χ0) is 13.2. The van der Waals surface area contributed by atoms with E-state index >= 15 is 0 Å². The minimum atomic E-state index is 0.0627. The number of nitrogens with zero attached hydrogens (tertiary/aromatic N) is 2. The maximum atomic E-state index is 5.17. The molecule has 0 fully saturated rings. The molecule has 19 heavy (non-hydrogen) atoms. The van der Waals surface area contributed by atoms with E-state index in [1.807, 2.05) is 37.4 Å². The van der Waals surface area contributed by atoms with E-state index in [1.165, 1.54) is 0 Å². The smallest absolute Gasteiger partial charge is 0.135 e. The first-order valence-corrected chi connectivity index (χ1v) is 6.22. The quantitative estimate of drug-likeness (QED) is 0.860. The first-order chi connectivity index (χ1) is 9.26. The highest BCUT2D eigenvalue weighted by atomic mass is 16.5. The van der Waals surface area contributed by atoms with Crippen molar-refractivity contribution in [3.63, 3.8) is 0 Å². The minimum absolute atomic E-state index is 0.0627. The summed E-state index contributed by atoms with van der Waals surface area (Å²) >= 11 is 0. The fraction of sp³-hybridized carbons (Fsp3) is 0.286. The number of aromatic nitrogens is 2. The molecule has 2 aromatic rings.